The molecule has 0 aliphatic rings. The summed E-state index contributed by atoms with van der Waals surface area (Å²) in [4.78, 5) is 29.1. The first-order valence-electron chi connectivity index (χ1n) is 12.5. The van der Waals surface area contributed by atoms with Gasteiger partial charge in [0.2, 0.25) is 0 Å². The molecule has 0 atom stereocenters. The number of fused-ring (bicyclic) bond motifs is 1. The summed E-state index contributed by atoms with van der Waals surface area (Å²) in [5.41, 5.74) is 6.11. The van der Waals surface area contributed by atoms with E-state index >= 15 is 0 Å². The van der Waals surface area contributed by atoms with Crippen LogP contribution in [0, 0.1) is 13.8 Å². The predicted octanol–water partition coefficient (Wildman–Crippen LogP) is 6.99. The minimum absolute atomic E-state index is 0.0112. The van der Waals surface area contributed by atoms with Gasteiger partial charge in [0, 0.05) is 28.7 Å². The number of ether oxygens (including phenoxy) is 1. The number of aromatic nitrogens is 3. The number of nitrogens with one attached hydrogen (secondary N) is 1. The summed E-state index contributed by atoms with van der Waals surface area (Å²) in [5, 5.41) is 7.68. The van der Waals surface area contributed by atoms with Crippen molar-refractivity contribution in [3.05, 3.63) is 81.0 Å². The second kappa shape index (κ2) is 11.1. The van der Waals surface area contributed by atoms with Crippen LogP contribution in [0.15, 0.2) is 47.0 Å². The molecule has 1 aromatic carbocycles. The van der Waals surface area contributed by atoms with E-state index in [0.29, 0.717) is 45.7 Å². The lowest BCUT2D eigenvalue weighted by molar-refractivity contribution is -0.140. The summed E-state index contributed by atoms with van der Waals surface area (Å²) < 4.78 is 54.4. The van der Waals surface area contributed by atoms with Crippen molar-refractivity contribution in [2.45, 2.75) is 40.1 Å². The molecular weight excluding hydrogens is 595 g/mol. The Kier molecular flexibility index (Phi) is 7.73. The number of furan rings is 1. The molecule has 0 fully saturated rings. The van der Waals surface area contributed by atoms with Crippen molar-refractivity contribution in [2.75, 3.05) is 5.32 Å². The van der Waals surface area contributed by atoms with E-state index in [4.69, 9.17) is 26.5 Å². The van der Waals surface area contributed by atoms with E-state index in [2.05, 4.69) is 15.4 Å². The van der Waals surface area contributed by atoms with Gasteiger partial charge in [0.1, 0.15) is 33.5 Å². The number of pyridine rings is 1. The molecule has 5 aromatic rings. The summed E-state index contributed by atoms with van der Waals surface area (Å²) in [6.07, 6.45) is -3.17. The molecule has 0 aliphatic carbocycles. The van der Waals surface area contributed by atoms with Crippen molar-refractivity contribution < 1.29 is 31.9 Å². The Hall–Kier alpha value is -4.36. The summed E-state index contributed by atoms with van der Waals surface area (Å²) in [6.45, 7) is 5.81. The van der Waals surface area contributed by atoms with Gasteiger partial charge < -0.3 is 20.2 Å². The Morgan fingerprint density at radius 2 is 1.93 bits per heavy atom. The second-order valence-corrected chi connectivity index (χ2v) is 10.7. The van der Waals surface area contributed by atoms with Gasteiger partial charge in [-0.1, -0.05) is 11.6 Å². The molecule has 0 spiro atoms. The number of thiophene rings is 1. The monoisotopic (exact) mass is 617 g/mol. The zero-order valence-electron chi connectivity index (χ0n) is 22.4. The highest BCUT2D eigenvalue weighted by molar-refractivity contribution is 7.21. The first-order valence-corrected chi connectivity index (χ1v) is 13.7. The van der Waals surface area contributed by atoms with Crippen LogP contribution in [0.25, 0.3) is 21.3 Å². The number of hydrogen-bond donors (Lipinski definition) is 2. The van der Waals surface area contributed by atoms with Crippen LogP contribution in [0.1, 0.15) is 49.9 Å². The fraction of sp³-hybridized carbons (Fsp3) is 0.214. The van der Waals surface area contributed by atoms with E-state index in [1.165, 1.54) is 6.07 Å². The third-order valence-corrected chi connectivity index (χ3v) is 7.89. The molecule has 0 radical (unpaired) electrons. The molecule has 0 unspecified atom stereocenters. The molecular formula is C28H23ClF3N5O4S. The minimum Gasteiger partial charge on any atom is -0.486 e. The molecule has 9 nitrogen and oxygen atoms in total. The van der Waals surface area contributed by atoms with Gasteiger partial charge in [-0.15, -0.1) is 11.3 Å². The van der Waals surface area contributed by atoms with Gasteiger partial charge in [-0.3, -0.25) is 14.3 Å². The number of benzene rings is 1. The number of carbonyl (C=O) groups excluding carboxylic acids is 2. The van der Waals surface area contributed by atoms with Gasteiger partial charge in [0.15, 0.2) is 5.76 Å². The Morgan fingerprint density at radius 3 is 2.57 bits per heavy atom. The summed E-state index contributed by atoms with van der Waals surface area (Å²) >= 11 is 6.70. The lowest BCUT2D eigenvalue weighted by Gasteiger charge is -2.11. The third kappa shape index (κ3) is 5.70. The van der Waals surface area contributed by atoms with Crippen molar-refractivity contribution in [3.8, 4) is 16.9 Å². The summed E-state index contributed by atoms with van der Waals surface area (Å²) in [5.74, 6) is -0.932. The Bertz CT molecular complexity index is 1840. The number of nitrogens with zero attached hydrogens (tertiary/aromatic N) is 3. The number of carbonyl (C=O) groups is 2. The van der Waals surface area contributed by atoms with Crippen molar-refractivity contribution in [1.82, 2.24) is 14.8 Å². The number of anilines is 1. The van der Waals surface area contributed by atoms with Crippen LogP contribution in [-0.2, 0) is 19.3 Å². The molecule has 5 rings (SSSR count). The fourth-order valence-electron chi connectivity index (χ4n) is 4.31. The fourth-order valence-corrected chi connectivity index (χ4v) is 5.43. The number of alkyl halides is 3. The molecule has 4 heterocycles. The highest BCUT2D eigenvalue weighted by Gasteiger charge is 2.35. The number of halogens is 4. The normalized spacial score (nSPS) is 11.7. The van der Waals surface area contributed by atoms with Crippen LogP contribution in [0.3, 0.4) is 0 Å². The van der Waals surface area contributed by atoms with E-state index in [-0.39, 0.29) is 38.7 Å². The number of rotatable bonds is 8. The zero-order valence-corrected chi connectivity index (χ0v) is 24.0. The molecule has 218 valence electrons. The lowest BCUT2D eigenvalue weighted by Crippen LogP contribution is -2.16. The van der Waals surface area contributed by atoms with Gasteiger partial charge in [-0.25, -0.2) is 4.98 Å². The Morgan fingerprint density at radius 1 is 1.17 bits per heavy atom. The molecule has 42 heavy (non-hydrogen) atoms. The Labute approximate surface area is 246 Å². The smallest absolute Gasteiger partial charge is 0.433 e. The molecule has 0 saturated heterocycles. The van der Waals surface area contributed by atoms with Crippen LogP contribution < -0.4 is 15.8 Å². The molecule has 4 aromatic heterocycles. The molecule has 0 aliphatic heterocycles. The van der Waals surface area contributed by atoms with Gasteiger partial charge in [-0.05, 0) is 68.3 Å². The first kappa shape index (κ1) is 29.1. The summed E-state index contributed by atoms with van der Waals surface area (Å²) in [7, 11) is 0. The number of aryl methyl sites for hydroxylation is 3. The lowest BCUT2D eigenvalue weighted by atomic mass is 10.0. The minimum atomic E-state index is -4.77. The maximum Gasteiger partial charge on any atom is 0.433 e. The molecule has 0 bridgehead atoms. The van der Waals surface area contributed by atoms with E-state index in [0.717, 1.165) is 11.6 Å². The second-order valence-electron chi connectivity index (χ2n) is 9.31. The van der Waals surface area contributed by atoms with Gasteiger partial charge >= 0.3 is 6.18 Å². The average Bonchev–Trinajstić information content (AvgIpc) is 3.65. The first-order chi connectivity index (χ1) is 19.8. The van der Waals surface area contributed by atoms with Crippen LogP contribution >= 0.6 is 22.9 Å². The average molecular weight is 618 g/mol. The molecule has 3 N–H and O–H groups in total. The van der Waals surface area contributed by atoms with E-state index in [1.54, 1.807) is 42.1 Å². The number of amides is 2. The van der Waals surface area contributed by atoms with Crippen LogP contribution in [-0.4, -0.2) is 26.6 Å². The topological polar surface area (TPSA) is 125 Å². The van der Waals surface area contributed by atoms with Gasteiger partial charge in [-0.2, -0.15) is 18.3 Å². The van der Waals surface area contributed by atoms with Crippen LogP contribution in [0.5, 0.6) is 5.75 Å². The van der Waals surface area contributed by atoms with Gasteiger partial charge in [0.05, 0.1) is 11.4 Å². The van der Waals surface area contributed by atoms with Crippen molar-refractivity contribution in [1.29, 1.82) is 0 Å². The van der Waals surface area contributed by atoms with E-state index < -0.39 is 23.7 Å². The standard InChI is InChI=1S/C28H23ClF3N5O4S/c1-4-37-11-18(14(3)36-37)17-10-21(28(30,31)32)34-27-22(17)23(24(42-27)25(33)38)35-26(39)20-8-6-16(41-20)12-40-15-5-7-19(29)13(2)9-15/h5-11H,4,12H2,1-3H3,(H2,33,38)(H,35,39). The maximum atomic E-state index is 13.8. The highest BCUT2D eigenvalue weighted by Crippen LogP contribution is 2.44. The Balaban J connectivity index is 1.52. The van der Waals surface area contributed by atoms with E-state index in [1.807, 2.05) is 13.8 Å². The van der Waals surface area contributed by atoms with Crippen LogP contribution in [0.2, 0.25) is 5.02 Å². The van der Waals surface area contributed by atoms with Crippen molar-refractivity contribution in [2.24, 2.45) is 5.73 Å². The van der Waals surface area contributed by atoms with Gasteiger partial charge in [0.25, 0.3) is 11.8 Å². The number of nitrogens with two attached hydrogens (primary N) is 1. The largest absolute Gasteiger partial charge is 0.486 e. The SMILES string of the molecule is CCn1cc(-c2cc(C(F)(F)F)nc3sc(C(N)=O)c(NC(=O)c4ccc(COc5ccc(Cl)c(C)c5)o4)c23)c(C)n1. The summed E-state index contributed by atoms with van der Waals surface area (Å²) in [6, 6.07) is 8.98. The zero-order chi connectivity index (χ0) is 30.3. The predicted molar refractivity (Wildman–Crippen MR) is 152 cm³/mol. The number of primary amides is 1. The highest BCUT2D eigenvalue weighted by atomic mass is 35.5. The van der Waals surface area contributed by atoms with E-state index in [9.17, 15) is 22.8 Å². The van der Waals surface area contributed by atoms with Crippen molar-refractivity contribution in [3.63, 3.8) is 0 Å². The maximum absolute atomic E-state index is 13.8. The molecule has 2 amide bonds. The molecule has 0 saturated carbocycles. The third-order valence-electron chi connectivity index (χ3n) is 6.37. The molecule has 14 heteroatoms. The van der Waals surface area contributed by atoms with Crippen molar-refractivity contribution >= 4 is 50.7 Å². The van der Waals surface area contributed by atoms with Crippen LogP contribution in [0.4, 0.5) is 18.9 Å². The number of hydrogen-bond acceptors (Lipinski definition) is 7. The quantitative estimate of drug-likeness (QED) is 0.193.